The summed E-state index contributed by atoms with van der Waals surface area (Å²) in [5.41, 5.74) is 4.18. The molecule has 0 spiro atoms. The van der Waals surface area contributed by atoms with E-state index in [4.69, 9.17) is 0 Å². The molecule has 0 heterocycles. The summed E-state index contributed by atoms with van der Waals surface area (Å²) < 4.78 is 0. The molecule has 1 N–H and O–H groups in total. The molecule has 2 heteroatoms. The van der Waals surface area contributed by atoms with Crippen LogP contribution in [-0.4, -0.2) is 23.5 Å². The van der Waals surface area contributed by atoms with Gasteiger partial charge in [-0.2, -0.15) is 0 Å². The molecule has 1 unspecified atom stereocenters. The number of hydrogen-bond donors (Lipinski definition) is 1. The van der Waals surface area contributed by atoms with Crippen LogP contribution in [0.2, 0.25) is 0 Å². The summed E-state index contributed by atoms with van der Waals surface area (Å²) in [5.74, 6) is 0.543. The maximum Gasteiger partial charge on any atom is 0.0239 e. The molecule has 0 aromatic heterocycles. The van der Waals surface area contributed by atoms with Crippen molar-refractivity contribution >= 4 is 0 Å². The van der Waals surface area contributed by atoms with Gasteiger partial charge in [-0.3, -0.25) is 4.90 Å². The molecule has 0 saturated carbocycles. The number of benzene rings is 2. The van der Waals surface area contributed by atoms with Gasteiger partial charge >= 0.3 is 0 Å². The van der Waals surface area contributed by atoms with Crippen LogP contribution >= 0.6 is 0 Å². The van der Waals surface area contributed by atoms with Crippen LogP contribution in [0, 0.1) is 0 Å². The number of nitrogens with one attached hydrogen (secondary N) is 1. The maximum atomic E-state index is 3.52. The average Bonchev–Trinajstić information content (AvgIpc) is 2.60. The largest absolute Gasteiger partial charge is 0.314 e. The summed E-state index contributed by atoms with van der Waals surface area (Å²) in [4.78, 5) is 2.52. The Bertz CT molecular complexity index is 602. The van der Waals surface area contributed by atoms with Crippen LogP contribution in [0.15, 0.2) is 54.6 Å². The lowest BCUT2D eigenvalue weighted by Gasteiger charge is -2.27. The van der Waals surface area contributed by atoms with Gasteiger partial charge in [0.2, 0.25) is 0 Å². The minimum atomic E-state index is 0.522. The maximum absolute atomic E-state index is 3.52. The van der Waals surface area contributed by atoms with Crippen LogP contribution in [0.5, 0.6) is 0 Å². The van der Waals surface area contributed by atoms with Crippen molar-refractivity contribution < 1.29 is 0 Å². The molecule has 0 aliphatic carbocycles. The first-order chi connectivity index (χ1) is 12.0. The van der Waals surface area contributed by atoms with Gasteiger partial charge in [-0.15, -0.1) is 0 Å². The topological polar surface area (TPSA) is 15.3 Å². The predicted octanol–water partition coefficient (Wildman–Crippen LogP) is 5.20. The second-order valence-corrected chi connectivity index (χ2v) is 7.69. The molecule has 0 aliphatic rings. The van der Waals surface area contributed by atoms with Gasteiger partial charge in [-0.25, -0.2) is 0 Å². The molecule has 1 atom stereocenters. The molecule has 0 bridgehead atoms. The third-order valence-corrected chi connectivity index (χ3v) is 4.73. The van der Waals surface area contributed by atoms with Crippen molar-refractivity contribution in [2.45, 2.75) is 65.7 Å². The van der Waals surface area contributed by atoms with E-state index >= 15 is 0 Å². The molecule has 0 fully saturated rings. The highest BCUT2D eigenvalue weighted by Gasteiger charge is 2.12. The number of rotatable bonds is 9. The highest BCUT2D eigenvalue weighted by molar-refractivity contribution is 5.25. The summed E-state index contributed by atoms with van der Waals surface area (Å²) in [7, 11) is 0. The third-order valence-electron chi connectivity index (χ3n) is 4.73. The summed E-state index contributed by atoms with van der Waals surface area (Å²) in [6.45, 7) is 14.3. The molecule has 2 aromatic carbocycles. The van der Waals surface area contributed by atoms with Crippen molar-refractivity contribution in [2.24, 2.45) is 0 Å². The van der Waals surface area contributed by atoms with E-state index in [0.29, 0.717) is 18.0 Å². The molecule has 0 saturated heterocycles. The Kier molecular flexibility index (Phi) is 7.67. The Balaban J connectivity index is 1.97. The van der Waals surface area contributed by atoms with Crippen LogP contribution < -0.4 is 5.32 Å². The molecular weight excluding hydrogens is 304 g/mol. The fourth-order valence-corrected chi connectivity index (χ4v) is 2.96. The average molecular weight is 339 g/mol. The minimum absolute atomic E-state index is 0.522. The van der Waals surface area contributed by atoms with Crippen LogP contribution in [0.25, 0.3) is 0 Å². The molecule has 2 rings (SSSR count). The molecule has 2 aromatic rings. The van der Waals surface area contributed by atoms with Crippen molar-refractivity contribution in [3.63, 3.8) is 0 Å². The molecule has 2 nitrogen and oxygen atoms in total. The zero-order valence-electron chi connectivity index (χ0n) is 16.5. The Labute approximate surface area is 154 Å². The smallest absolute Gasteiger partial charge is 0.0239 e. The zero-order valence-corrected chi connectivity index (χ0v) is 16.5. The lowest BCUT2D eigenvalue weighted by atomic mass is 9.99. The summed E-state index contributed by atoms with van der Waals surface area (Å²) in [6.07, 6.45) is 0. The van der Waals surface area contributed by atoms with E-state index < -0.39 is 0 Å². The second kappa shape index (κ2) is 9.74. The quantitative estimate of drug-likeness (QED) is 0.676. The monoisotopic (exact) mass is 338 g/mol. The summed E-state index contributed by atoms with van der Waals surface area (Å²) >= 11 is 0. The van der Waals surface area contributed by atoms with Crippen molar-refractivity contribution in [3.05, 3.63) is 71.3 Å². The normalized spacial score (nSPS) is 13.0. The van der Waals surface area contributed by atoms with Gasteiger partial charge in [0.15, 0.2) is 0 Å². The van der Waals surface area contributed by atoms with Crippen LogP contribution in [-0.2, 0) is 13.1 Å². The van der Waals surface area contributed by atoms with Gasteiger partial charge in [-0.05, 0) is 36.5 Å². The summed E-state index contributed by atoms with van der Waals surface area (Å²) in [5, 5.41) is 3.52. The molecule has 0 amide bonds. The number of hydrogen-bond acceptors (Lipinski definition) is 2. The molecule has 136 valence electrons. The Morgan fingerprint density at radius 3 is 1.84 bits per heavy atom. The van der Waals surface area contributed by atoms with Crippen molar-refractivity contribution in [2.75, 3.05) is 6.54 Å². The standard InChI is InChI=1S/C23H34N2/c1-18(2)24-15-20(5)23-13-11-22(12-14-23)17-25(19(3)4)16-21-9-7-6-8-10-21/h6-14,18-20,24H,15-17H2,1-5H3. The SMILES string of the molecule is CC(C)NCC(C)c1ccc(CN(Cc2ccccc2)C(C)C)cc1. The minimum Gasteiger partial charge on any atom is -0.314 e. The van der Waals surface area contributed by atoms with E-state index in [1.807, 2.05) is 0 Å². The van der Waals surface area contributed by atoms with Gasteiger partial charge in [0.25, 0.3) is 0 Å². The van der Waals surface area contributed by atoms with Gasteiger partial charge < -0.3 is 5.32 Å². The van der Waals surface area contributed by atoms with Crippen LogP contribution in [0.1, 0.15) is 57.2 Å². The van der Waals surface area contributed by atoms with E-state index in [0.717, 1.165) is 19.6 Å². The van der Waals surface area contributed by atoms with Gasteiger partial charge in [0, 0.05) is 31.7 Å². The Morgan fingerprint density at radius 1 is 0.760 bits per heavy atom. The Hall–Kier alpha value is -1.64. The fraction of sp³-hybridized carbons (Fsp3) is 0.478. The van der Waals surface area contributed by atoms with E-state index in [-0.39, 0.29) is 0 Å². The predicted molar refractivity (Wildman–Crippen MR) is 109 cm³/mol. The lowest BCUT2D eigenvalue weighted by molar-refractivity contribution is 0.203. The number of nitrogens with zero attached hydrogens (tertiary/aromatic N) is 1. The van der Waals surface area contributed by atoms with Gasteiger partial charge in [0.1, 0.15) is 0 Å². The first-order valence-electron chi connectivity index (χ1n) is 9.56. The van der Waals surface area contributed by atoms with Crippen molar-refractivity contribution in [3.8, 4) is 0 Å². The summed E-state index contributed by atoms with van der Waals surface area (Å²) in [6, 6.07) is 21.0. The third kappa shape index (κ3) is 6.64. The van der Waals surface area contributed by atoms with E-state index in [1.165, 1.54) is 16.7 Å². The van der Waals surface area contributed by atoms with Crippen molar-refractivity contribution in [1.29, 1.82) is 0 Å². The molecule has 25 heavy (non-hydrogen) atoms. The first kappa shape index (κ1) is 19.7. The van der Waals surface area contributed by atoms with E-state index in [9.17, 15) is 0 Å². The van der Waals surface area contributed by atoms with Crippen LogP contribution in [0.4, 0.5) is 0 Å². The van der Waals surface area contributed by atoms with Gasteiger partial charge in [-0.1, -0.05) is 75.4 Å². The molecular formula is C23H34N2. The Morgan fingerprint density at radius 2 is 1.32 bits per heavy atom. The van der Waals surface area contributed by atoms with Crippen LogP contribution in [0.3, 0.4) is 0 Å². The van der Waals surface area contributed by atoms with Crippen molar-refractivity contribution in [1.82, 2.24) is 10.2 Å². The molecule has 0 aliphatic heterocycles. The fourth-order valence-electron chi connectivity index (χ4n) is 2.96. The lowest BCUT2D eigenvalue weighted by Crippen LogP contribution is -2.29. The molecule has 0 radical (unpaired) electrons. The van der Waals surface area contributed by atoms with E-state index in [2.05, 4.69) is 99.4 Å². The highest BCUT2D eigenvalue weighted by Crippen LogP contribution is 2.18. The highest BCUT2D eigenvalue weighted by atomic mass is 15.1. The van der Waals surface area contributed by atoms with E-state index in [1.54, 1.807) is 0 Å². The zero-order chi connectivity index (χ0) is 18.2. The second-order valence-electron chi connectivity index (χ2n) is 7.69. The van der Waals surface area contributed by atoms with Gasteiger partial charge in [0.05, 0.1) is 0 Å². The first-order valence-corrected chi connectivity index (χ1v) is 9.56.